The van der Waals surface area contributed by atoms with Crippen LogP contribution < -0.4 is 10.1 Å². The van der Waals surface area contributed by atoms with Crippen LogP contribution in [-0.4, -0.2) is 36.3 Å². The van der Waals surface area contributed by atoms with Gasteiger partial charge in [0.1, 0.15) is 11.9 Å². The third-order valence-corrected chi connectivity index (χ3v) is 2.94. The van der Waals surface area contributed by atoms with Crippen LogP contribution in [0, 0.1) is 0 Å². The monoisotopic (exact) mass is 279 g/mol. The van der Waals surface area contributed by atoms with E-state index in [2.05, 4.69) is 5.32 Å². The Bertz CT molecular complexity index is 482. The average Bonchev–Trinajstić information content (AvgIpc) is 2.46. The fourth-order valence-electron chi connectivity index (χ4n) is 1.98. The number of benzene rings is 1. The van der Waals surface area contributed by atoms with Gasteiger partial charge >= 0.3 is 5.97 Å². The van der Waals surface area contributed by atoms with Crippen LogP contribution in [0.4, 0.5) is 5.69 Å². The molecule has 0 saturated carbocycles. The Morgan fingerprint density at radius 1 is 1.40 bits per heavy atom. The summed E-state index contributed by atoms with van der Waals surface area (Å²) >= 11 is 0. The van der Waals surface area contributed by atoms with Gasteiger partial charge in [-0.05, 0) is 31.4 Å². The summed E-state index contributed by atoms with van der Waals surface area (Å²) in [5.74, 6) is -0.829. The third kappa shape index (κ3) is 4.24. The van der Waals surface area contributed by atoms with E-state index in [1.54, 1.807) is 24.3 Å². The number of hydrogen-bond donors (Lipinski definition) is 2. The van der Waals surface area contributed by atoms with E-state index in [0.717, 1.165) is 19.3 Å². The van der Waals surface area contributed by atoms with E-state index in [1.165, 1.54) is 0 Å². The van der Waals surface area contributed by atoms with Gasteiger partial charge in [0.25, 0.3) is 5.91 Å². The minimum Gasteiger partial charge on any atom is -0.482 e. The standard InChI is InChI=1S/C14H17NO5/c16-13(17)9-20-11-5-3-4-10(8-11)15-14(18)12-6-1-2-7-19-12/h3-5,8,12H,1-2,6-7,9H2,(H,15,18)(H,16,17). The van der Waals surface area contributed by atoms with Gasteiger partial charge in [-0.15, -0.1) is 0 Å². The van der Waals surface area contributed by atoms with Gasteiger partial charge in [0.15, 0.2) is 6.61 Å². The van der Waals surface area contributed by atoms with Gasteiger partial charge in [0.2, 0.25) is 0 Å². The second-order valence-corrected chi connectivity index (χ2v) is 4.55. The number of hydrogen-bond acceptors (Lipinski definition) is 4. The van der Waals surface area contributed by atoms with Crippen LogP contribution in [-0.2, 0) is 14.3 Å². The van der Waals surface area contributed by atoms with E-state index in [4.69, 9.17) is 14.6 Å². The number of aliphatic carboxylic acids is 1. The maximum Gasteiger partial charge on any atom is 0.341 e. The van der Waals surface area contributed by atoms with Gasteiger partial charge < -0.3 is 19.9 Å². The third-order valence-electron chi connectivity index (χ3n) is 2.94. The van der Waals surface area contributed by atoms with Crippen LogP contribution in [0.1, 0.15) is 19.3 Å². The molecule has 0 radical (unpaired) electrons. The molecule has 0 aliphatic carbocycles. The number of anilines is 1. The fourth-order valence-corrected chi connectivity index (χ4v) is 1.98. The van der Waals surface area contributed by atoms with E-state index < -0.39 is 18.7 Å². The van der Waals surface area contributed by atoms with E-state index in [9.17, 15) is 9.59 Å². The van der Waals surface area contributed by atoms with E-state index in [0.29, 0.717) is 18.0 Å². The molecule has 1 fully saturated rings. The zero-order valence-corrected chi connectivity index (χ0v) is 11.0. The Balaban J connectivity index is 1.93. The molecule has 6 nitrogen and oxygen atoms in total. The van der Waals surface area contributed by atoms with Crippen molar-refractivity contribution < 1.29 is 24.2 Å². The highest BCUT2D eigenvalue weighted by Crippen LogP contribution is 2.19. The molecule has 1 unspecified atom stereocenters. The molecule has 1 aliphatic rings. The molecule has 1 aromatic carbocycles. The highest BCUT2D eigenvalue weighted by Gasteiger charge is 2.21. The van der Waals surface area contributed by atoms with Gasteiger partial charge in [-0.3, -0.25) is 4.79 Å². The average molecular weight is 279 g/mol. The summed E-state index contributed by atoms with van der Waals surface area (Å²) in [6, 6.07) is 6.63. The zero-order valence-electron chi connectivity index (χ0n) is 11.0. The first-order valence-electron chi connectivity index (χ1n) is 6.52. The van der Waals surface area contributed by atoms with Crippen molar-refractivity contribution in [2.45, 2.75) is 25.4 Å². The fraction of sp³-hybridized carbons (Fsp3) is 0.429. The summed E-state index contributed by atoms with van der Waals surface area (Å²) in [5.41, 5.74) is 0.562. The summed E-state index contributed by atoms with van der Waals surface area (Å²) in [6.07, 6.45) is 2.29. The topological polar surface area (TPSA) is 84.9 Å². The first kappa shape index (κ1) is 14.3. The molecule has 1 saturated heterocycles. The van der Waals surface area contributed by atoms with E-state index in [1.807, 2.05) is 0 Å². The summed E-state index contributed by atoms with van der Waals surface area (Å²) in [6.45, 7) is 0.197. The lowest BCUT2D eigenvalue weighted by molar-refractivity contribution is -0.139. The predicted molar refractivity (Wildman–Crippen MR) is 71.8 cm³/mol. The minimum absolute atomic E-state index is 0.180. The van der Waals surface area contributed by atoms with Crippen molar-refractivity contribution in [3.05, 3.63) is 24.3 Å². The minimum atomic E-state index is -1.05. The number of carboxylic acid groups (broad SMARTS) is 1. The van der Waals surface area contributed by atoms with Crippen LogP contribution in [0.2, 0.25) is 0 Å². The maximum atomic E-state index is 12.0. The quantitative estimate of drug-likeness (QED) is 0.856. The van der Waals surface area contributed by atoms with Gasteiger partial charge in [-0.2, -0.15) is 0 Å². The molecule has 2 rings (SSSR count). The molecule has 1 amide bonds. The molecule has 6 heteroatoms. The van der Waals surface area contributed by atoms with E-state index >= 15 is 0 Å². The SMILES string of the molecule is O=C(O)COc1cccc(NC(=O)C2CCCCO2)c1. The highest BCUT2D eigenvalue weighted by atomic mass is 16.5. The molecular formula is C14H17NO5. The molecule has 0 aromatic heterocycles. The van der Waals surface area contributed by atoms with Gasteiger partial charge in [0, 0.05) is 18.4 Å². The summed E-state index contributed by atoms with van der Waals surface area (Å²) in [5, 5.41) is 11.3. The Morgan fingerprint density at radius 2 is 2.25 bits per heavy atom. The van der Waals surface area contributed by atoms with Crippen molar-refractivity contribution in [1.29, 1.82) is 0 Å². The number of carboxylic acids is 1. The Hall–Kier alpha value is -2.08. The Kier molecular flexibility index (Phi) is 4.95. The normalized spacial score (nSPS) is 18.3. The summed E-state index contributed by atoms with van der Waals surface area (Å²) in [4.78, 5) is 22.4. The number of ether oxygens (including phenoxy) is 2. The molecule has 0 spiro atoms. The van der Waals surface area contributed by atoms with Crippen molar-refractivity contribution >= 4 is 17.6 Å². The number of amides is 1. The first-order valence-corrected chi connectivity index (χ1v) is 6.52. The van der Waals surface area contributed by atoms with Gasteiger partial charge in [0.05, 0.1) is 0 Å². The van der Waals surface area contributed by atoms with Gasteiger partial charge in [-0.25, -0.2) is 4.79 Å². The van der Waals surface area contributed by atoms with Crippen molar-refractivity contribution in [3.63, 3.8) is 0 Å². The van der Waals surface area contributed by atoms with Crippen molar-refractivity contribution in [2.24, 2.45) is 0 Å². The molecule has 20 heavy (non-hydrogen) atoms. The summed E-state index contributed by atoms with van der Waals surface area (Å²) < 4.78 is 10.5. The molecule has 0 bridgehead atoms. The lowest BCUT2D eigenvalue weighted by atomic mass is 10.1. The van der Waals surface area contributed by atoms with Crippen LogP contribution in [0.15, 0.2) is 24.3 Å². The van der Waals surface area contributed by atoms with Crippen LogP contribution in [0.3, 0.4) is 0 Å². The number of carbonyl (C=O) groups is 2. The lowest BCUT2D eigenvalue weighted by Gasteiger charge is -2.21. The second-order valence-electron chi connectivity index (χ2n) is 4.55. The molecule has 2 N–H and O–H groups in total. The summed E-state index contributed by atoms with van der Waals surface area (Å²) in [7, 11) is 0. The Morgan fingerprint density at radius 3 is 2.95 bits per heavy atom. The molecule has 1 aliphatic heterocycles. The smallest absolute Gasteiger partial charge is 0.341 e. The largest absolute Gasteiger partial charge is 0.482 e. The van der Waals surface area contributed by atoms with Gasteiger partial charge in [-0.1, -0.05) is 6.07 Å². The number of rotatable bonds is 5. The molecular weight excluding hydrogens is 262 g/mol. The second kappa shape index (κ2) is 6.91. The van der Waals surface area contributed by atoms with Crippen molar-refractivity contribution in [2.75, 3.05) is 18.5 Å². The highest BCUT2D eigenvalue weighted by molar-refractivity contribution is 5.94. The maximum absolute atomic E-state index is 12.0. The van der Waals surface area contributed by atoms with Crippen LogP contribution >= 0.6 is 0 Å². The lowest BCUT2D eigenvalue weighted by Crippen LogP contribution is -2.33. The predicted octanol–water partition coefficient (Wildman–Crippen LogP) is 1.66. The molecule has 108 valence electrons. The molecule has 1 atom stereocenters. The van der Waals surface area contributed by atoms with Crippen LogP contribution in [0.25, 0.3) is 0 Å². The zero-order chi connectivity index (χ0) is 14.4. The van der Waals surface area contributed by atoms with E-state index in [-0.39, 0.29) is 5.91 Å². The van der Waals surface area contributed by atoms with Crippen molar-refractivity contribution in [3.8, 4) is 5.75 Å². The van der Waals surface area contributed by atoms with Crippen LogP contribution in [0.5, 0.6) is 5.75 Å². The number of nitrogens with one attached hydrogen (secondary N) is 1. The Labute approximate surface area is 116 Å². The molecule has 1 heterocycles. The molecule has 1 aromatic rings. The van der Waals surface area contributed by atoms with Crippen molar-refractivity contribution in [1.82, 2.24) is 0 Å². The number of carbonyl (C=O) groups excluding carboxylic acids is 1. The first-order chi connectivity index (χ1) is 9.65.